The third-order valence-electron chi connectivity index (χ3n) is 7.75. The SMILES string of the molecule is CCc1cc(CC)cc([Si](C(C)C)(C(C)C)C2(C)C(C)=C(C)C(C)=[C]2[Ti+3])c1.[Cl-].[Cl-].[Cl-]. The van der Waals surface area contributed by atoms with Crippen molar-refractivity contribution in [3.8, 4) is 0 Å². The van der Waals surface area contributed by atoms with E-state index in [0.29, 0.717) is 11.1 Å². The van der Waals surface area contributed by atoms with Crippen LogP contribution in [0.2, 0.25) is 16.1 Å². The van der Waals surface area contributed by atoms with Gasteiger partial charge in [0.05, 0.1) is 0 Å². The Labute approximate surface area is 217 Å². The summed E-state index contributed by atoms with van der Waals surface area (Å²) in [7, 11) is -1.94. The van der Waals surface area contributed by atoms with E-state index in [9.17, 15) is 0 Å². The molecule has 2 rings (SSSR count). The molecule has 0 saturated heterocycles. The van der Waals surface area contributed by atoms with Crippen LogP contribution in [0.5, 0.6) is 0 Å². The summed E-state index contributed by atoms with van der Waals surface area (Å²) in [5.74, 6) is 0. The number of hydrogen-bond acceptors (Lipinski definition) is 0. The molecule has 0 amide bonds. The molecule has 1 unspecified atom stereocenters. The molecular weight excluding hydrogens is 483 g/mol. The Hall–Kier alpha value is 0.501. The molecule has 1 atom stereocenters. The molecule has 0 nitrogen and oxygen atoms in total. The molecule has 1 aromatic carbocycles. The monoisotopic (exact) mass is 520 g/mol. The van der Waals surface area contributed by atoms with Gasteiger partial charge in [-0.25, -0.2) is 0 Å². The van der Waals surface area contributed by atoms with Crippen molar-refractivity contribution in [2.45, 2.75) is 98.2 Å². The first-order valence-corrected chi connectivity index (χ1v) is 13.7. The maximum atomic E-state index is 2.59. The van der Waals surface area contributed by atoms with E-state index in [-0.39, 0.29) is 42.3 Å². The minimum absolute atomic E-state index is 0. The molecule has 30 heavy (non-hydrogen) atoms. The summed E-state index contributed by atoms with van der Waals surface area (Å²) in [5.41, 5.74) is 9.10. The zero-order valence-corrected chi connectivity index (χ0v) is 25.3. The van der Waals surface area contributed by atoms with Crippen LogP contribution >= 0.6 is 0 Å². The van der Waals surface area contributed by atoms with Crippen molar-refractivity contribution in [2.24, 2.45) is 0 Å². The van der Waals surface area contributed by atoms with Crippen molar-refractivity contribution >= 4 is 13.3 Å². The predicted octanol–water partition coefficient (Wildman–Crippen LogP) is -1.77. The van der Waals surface area contributed by atoms with Gasteiger partial charge in [-0.05, 0) is 0 Å². The molecule has 0 N–H and O–H groups in total. The topological polar surface area (TPSA) is 0 Å². The summed E-state index contributed by atoms with van der Waals surface area (Å²) in [6, 6.07) is 7.60. The van der Waals surface area contributed by atoms with Gasteiger partial charge in [0.25, 0.3) is 0 Å². The van der Waals surface area contributed by atoms with Gasteiger partial charge in [0.15, 0.2) is 0 Å². The number of aryl methyl sites for hydroxylation is 2. The summed E-state index contributed by atoms with van der Waals surface area (Å²) < 4.78 is 1.63. The van der Waals surface area contributed by atoms with E-state index in [1.165, 1.54) is 22.3 Å². The molecule has 5 heteroatoms. The number of hydrogen-bond donors (Lipinski definition) is 0. The molecule has 0 saturated carbocycles. The Morgan fingerprint density at radius 1 is 0.800 bits per heavy atom. The Bertz CT molecular complexity index is 739. The fraction of sp³-hybridized carbons (Fsp3) is 0.600. The minimum Gasteiger partial charge on any atom is -1.00 e. The van der Waals surface area contributed by atoms with Gasteiger partial charge in [-0.1, -0.05) is 0 Å². The zero-order chi connectivity index (χ0) is 20.7. The third kappa shape index (κ3) is 4.73. The van der Waals surface area contributed by atoms with Crippen LogP contribution in [0.3, 0.4) is 0 Å². The maximum absolute atomic E-state index is 2.59. The van der Waals surface area contributed by atoms with E-state index in [1.807, 2.05) is 0 Å². The Morgan fingerprint density at radius 2 is 1.20 bits per heavy atom. The van der Waals surface area contributed by atoms with Gasteiger partial charge in [-0.3, -0.25) is 0 Å². The van der Waals surface area contributed by atoms with Crippen LogP contribution in [0.15, 0.2) is 38.8 Å². The fourth-order valence-corrected chi connectivity index (χ4v) is 15.5. The number of halogens is 3. The predicted molar refractivity (Wildman–Crippen MR) is 120 cm³/mol. The smallest absolute Gasteiger partial charge is 1.00 e. The van der Waals surface area contributed by atoms with Gasteiger partial charge < -0.3 is 37.2 Å². The Morgan fingerprint density at radius 3 is 1.47 bits per heavy atom. The standard InChI is InChI=1S/C25H39Si.3ClH.Ti/c1-11-22-13-23(12-2)15-24(14-22)26(17(3)4,18(5)6)25(10)16-19(7)20(8)21(25)9;;;;/h13-15,17-18H,11-12H2,1-10H3;3*1H;/q;;;;+3/p-3. The normalized spacial score (nSPS) is 19.1. The Kier molecular flexibility index (Phi) is 13.2. The van der Waals surface area contributed by atoms with Crippen molar-refractivity contribution in [3.63, 3.8) is 0 Å². The van der Waals surface area contributed by atoms with Crippen LogP contribution in [0.4, 0.5) is 0 Å². The molecule has 0 bridgehead atoms. The van der Waals surface area contributed by atoms with E-state index in [4.69, 9.17) is 0 Å². The molecule has 1 aliphatic rings. The second-order valence-corrected chi connectivity index (χ2v) is 15.7. The molecule has 1 aromatic rings. The van der Waals surface area contributed by atoms with Crippen molar-refractivity contribution in [1.29, 1.82) is 0 Å². The van der Waals surface area contributed by atoms with Crippen molar-refractivity contribution < 1.29 is 57.7 Å². The van der Waals surface area contributed by atoms with Crippen molar-refractivity contribution in [2.75, 3.05) is 0 Å². The molecule has 0 heterocycles. The third-order valence-corrected chi connectivity index (χ3v) is 16.7. The molecular formula is C25H39Cl3SiTi. The van der Waals surface area contributed by atoms with Gasteiger partial charge in [0, 0.05) is 0 Å². The Balaban J connectivity index is 0. The second kappa shape index (κ2) is 12.1. The second-order valence-electron chi connectivity index (χ2n) is 9.30. The quantitative estimate of drug-likeness (QED) is 0.389. The molecule has 168 valence electrons. The van der Waals surface area contributed by atoms with E-state index >= 15 is 0 Å². The fourth-order valence-electron chi connectivity index (χ4n) is 6.11. The van der Waals surface area contributed by atoms with Gasteiger partial charge in [-0.15, -0.1) is 0 Å². The van der Waals surface area contributed by atoms with Crippen LogP contribution in [-0.2, 0) is 33.3 Å². The van der Waals surface area contributed by atoms with Crippen LogP contribution < -0.4 is 42.4 Å². The van der Waals surface area contributed by atoms with Crippen LogP contribution in [-0.4, -0.2) is 8.07 Å². The summed E-state index contributed by atoms with van der Waals surface area (Å²) in [5, 5.41) is 1.88. The number of benzene rings is 1. The van der Waals surface area contributed by atoms with Crippen molar-refractivity contribution in [3.05, 3.63) is 49.9 Å². The summed E-state index contributed by atoms with van der Waals surface area (Å²) in [6.45, 7) is 24.3. The van der Waals surface area contributed by atoms with E-state index in [0.717, 1.165) is 12.8 Å². The van der Waals surface area contributed by atoms with Gasteiger partial charge in [0.1, 0.15) is 0 Å². The zero-order valence-electron chi connectivity index (χ0n) is 20.4. The van der Waals surface area contributed by atoms with Crippen LogP contribution in [0.25, 0.3) is 0 Å². The molecule has 0 aromatic heterocycles. The van der Waals surface area contributed by atoms with E-state index in [1.54, 1.807) is 14.6 Å². The number of allylic oxidation sites excluding steroid dienone is 4. The summed E-state index contributed by atoms with van der Waals surface area (Å²) in [6.07, 6.45) is 2.25. The average molecular weight is 522 g/mol. The molecule has 0 fully saturated rings. The number of rotatable bonds is 6. The van der Waals surface area contributed by atoms with Gasteiger partial charge >= 0.3 is 182 Å². The average Bonchev–Trinajstić information content (AvgIpc) is 2.77. The molecule has 0 radical (unpaired) electrons. The van der Waals surface area contributed by atoms with Gasteiger partial charge in [-0.2, -0.15) is 0 Å². The molecule has 0 spiro atoms. The van der Waals surface area contributed by atoms with Gasteiger partial charge in [0.2, 0.25) is 0 Å². The molecule has 1 aliphatic carbocycles. The summed E-state index contributed by atoms with van der Waals surface area (Å²) >= 11 is 2.42. The van der Waals surface area contributed by atoms with E-state index < -0.39 is 8.07 Å². The minimum atomic E-state index is -1.94. The van der Waals surface area contributed by atoms with Crippen LogP contribution in [0, 0.1) is 0 Å². The first kappa shape index (κ1) is 32.7. The van der Waals surface area contributed by atoms with Crippen LogP contribution in [0.1, 0.15) is 80.4 Å². The van der Waals surface area contributed by atoms with E-state index in [2.05, 4.69) is 108 Å². The first-order valence-electron chi connectivity index (χ1n) is 10.7. The largest absolute Gasteiger partial charge is 1.00 e. The first-order chi connectivity index (χ1) is 12.5. The van der Waals surface area contributed by atoms with Crippen molar-refractivity contribution in [1.82, 2.24) is 0 Å². The molecule has 0 aliphatic heterocycles. The maximum Gasteiger partial charge on any atom is -1.00 e. The summed E-state index contributed by atoms with van der Waals surface area (Å²) in [4.78, 5) is 0.